The molecule has 1 aliphatic rings. The molecule has 1 aromatic heterocycles. The predicted molar refractivity (Wildman–Crippen MR) is 129 cm³/mol. The first-order chi connectivity index (χ1) is 15.0. The zero-order valence-electron chi connectivity index (χ0n) is 17.9. The summed E-state index contributed by atoms with van der Waals surface area (Å²) in [6.45, 7) is 7.13. The van der Waals surface area contributed by atoms with Gasteiger partial charge in [0.1, 0.15) is 0 Å². The highest BCUT2D eigenvalue weighted by molar-refractivity contribution is 7.80. The molecule has 4 rings (SSSR count). The lowest BCUT2D eigenvalue weighted by Gasteiger charge is -2.37. The molecule has 1 atom stereocenters. The van der Waals surface area contributed by atoms with Gasteiger partial charge >= 0.3 is 0 Å². The van der Waals surface area contributed by atoms with E-state index >= 15 is 0 Å². The summed E-state index contributed by atoms with van der Waals surface area (Å²) in [6.07, 6.45) is 2.12. The van der Waals surface area contributed by atoms with E-state index in [2.05, 4.69) is 36.1 Å². The maximum Gasteiger partial charge on any atom is 0.258 e. The van der Waals surface area contributed by atoms with Crippen molar-refractivity contribution in [3.63, 3.8) is 0 Å². The number of benzene rings is 2. The van der Waals surface area contributed by atoms with Crippen LogP contribution in [0.4, 0.5) is 0 Å². The van der Waals surface area contributed by atoms with Gasteiger partial charge < -0.3 is 14.7 Å². The van der Waals surface area contributed by atoms with Gasteiger partial charge in [0.25, 0.3) is 5.89 Å². The SMILES string of the molecule is CCCCN1C(=S)NC(c2ccc(Cl)cc2)C(c2nc(-c3ccc(C)cc3)no2)=C1C. The summed E-state index contributed by atoms with van der Waals surface area (Å²) in [5.41, 5.74) is 5.09. The number of nitrogens with zero attached hydrogens (tertiary/aromatic N) is 3. The first kappa shape index (κ1) is 21.5. The molecule has 1 N–H and O–H groups in total. The minimum absolute atomic E-state index is 0.200. The fraction of sp³-hybridized carbons (Fsp3) is 0.292. The number of halogens is 1. The van der Waals surface area contributed by atoms with Gasteiger partial charge in [0.05, 0.1) is 11.6 Å². The van der Waals surface area contributed by atoms with Crippen molar-refractivity contribution in [1.29, 1.82) is 0 Å². The van der Waals surface area contributed by atoms with Crippen LogP contribution in [0.5, 0.6) is 0 Å². The molecule has 0 aliphatic carbocycles. The third-order valence-electron chi connectivity index (χ3n) is 5.50. The van der Waals surface area contributed by atoms with Crippen LogP contribution in [-0.4, -0.2) is 26.7 Å². The molecule has 1 unspecified atom stereocenters. The zero-order valence-corrected chi connectivity index (χ0v) is 19.4. The molecule has 3 aromatic rings. The Labute approximate surface area is 193 Å². The molecule has 0 bridgehead atoms. The average molecular weight is 453 g/mol. The molecule has 0 fully saturated rings. The number of aromatic nitrogens is 2. The quantitative estimate of drug-likeness (QED) is 0.452. The van der Waals surface area contributed by atoms with E-state index in [0.29, 0.717) is 21.9 Å². The van der Waals surface area contributed by atoms with Gasteiger partial charge in [-0.1, -0.05) is 72.1 Å². The topological polar surface area (TPSA) is 54.2 Å². The second kappa shape index (κ2) is 9.20. The van der Waals surface area contributed by atoms with Gasteiger partial charge in [-0.25, -0.2) is 0 Å². The number of hydrogen-bond donors (Lipinski definition) is 1. The molecule has 5 nitrogen and oxygen atoms in total. The summed E-state index contributed by atoms with van der Waals surface area (Å²) in [5.74, 6) is 1.06. The molecule has 31 heavy (non-hydrogen) atoms. The van der Waals surface area contributed by atoms with Gasteiger partial charge in [0.2, 0.25) is 5.82 Å². The van der Waals surface area contributed by atoms with Crippen molar-refractivity contribution in [2.75, 3.05) is 6.54 Å². The minimum atomic E-state index is -0.200. The molecule has 0 amide bonds. The van der Waals surface area contributed by atoms with E-state index in [1.807, 2.05) is 48.5 Å². The summed E-state index contributed by atoms with van der Waals surface area (Å²) in [6, 6.07) is 15.6. The van der Waals surface area contributed by atoms with Crippen LogP contribution in [0, 0.1) is 6.92 Å². The maximum absolute atomic E-state index is 6.12. The number of thiocarbonyl (C=S) groups is 1. The van der Waals surface area contributed by atoms with Gasteiger partial charge in [-0.15, -0.1) is 0 Å². The Bertz CT molecular complexity index is 1110. The van der Waals surface area contributed by atoms with Gasteiger partial charge in [-0.05, 0) is 50.2 Å². The second-order valence-corrected chi connectivity index (χ2v) is 8.55. The fourth-order valence-corrected chi connectivity index (χ4v) is 4.17. The van der Waals surface area contributed by atoms with Crippen LogP contribution in [0.25, 0.3) is 17.0 Å². The molecule has 0 saturated carbocycles. The van der Waals surface area contributed by atoms with Gasteiger partial charge in [-0.3, -0.25) is 0 Å². The molecular formula is C24H25ClN4OS. The smallest absolute Gasteiger partial charge is 0.258 e. The highest BCUT2D eigenvalue weighted by Gasteiger charge is 2.33. The normalized spacial score (nSPS) is 16.6. The Balaban J connectivity index is 1.78. The maximum atomic E-state index is 6.12. The molecule has 0 saturated heterocycles. The van der Waals surface area contributed by atoms with E-state index in [9.17, 15) is 0 Å². The first-order valence-corrected chi connectivity index (χ1v) is 11.2. The van der Waals surface area contributed by atoms with Crippen LogP contribution in [0.2, 0.25) is 5.02 Å². The van der Waals surface area contributed by atoms with E-state index < -0.39 is 0 Å². The number of aryl methyl sites for hydroxylation is 1. The van der Waals surface area contributed by atoms with E-state index in [-0.39, 0.29) is 6.04 Å². The van der Waals surface area contributed by atoms with Crippen molar-refractivity contribution in [3.05, 3.63) is 76.3 Å². The van der Waals surface area contributed by atoms with Crippen molar-refractivity contribution < 1.29 is 4.52 Å². The van der Waals surface area contributed by atoms with E-state index in [1.165, 1.54) is 5.56 Å². The lowest BCUT2D eigenvalue weighted by molar-refractivity contribution is 0.395. The highest BCUT2D eigenvalue weighted by Crippen LogP contribution is 2.37. The highest BCUT2D eigenvalue weighted by atomic mass is 35.5. The molecule has 1 aliphatic heterocycles. The molecule has 2 heterocycles. The Hall–Kier alpha value is -2.70. The molecule has 2 aromatic carbocycles. The van der Waals surface area contributed by atoms with Crippen LogP contribution in [0.1, 0.15) is 49.7 Å². The van der Waals surface area contributed by atoms with Gasteiger partial charge in [-0.2, -0.15) is 4.98 Å². The average Bonchev–Trinajstić information content (AvgIpc) is 3.24. The van der Waals surface area contributed by atoms with Crippen molar-refractivity contribution in [3.8, 4) is 11.4 Å². The van der Waals surface area contributed by atoms with E-state index in [0.717, 1.165) is 41.8 Å². The molecule has 7 heteroatoms. The Morgan fingerprint density at radius 2 is 1.81 bits per heavy atom. The van der Waals surface area contributed by atoms with Crippen LogP contribution in [0.15, 0.2) is 58.8 Å². The number of allylic oxidation sites excluding steroid dienone is 1. The molecule has 0 spiro atoms. The molecule has 160 valence electrons. The van der Waals surface area contributed by atoms with Crippen LogP contribution in [0.3, 0.4) is 0 Å². The van der Waals surface area contributed by atoms with Crippen LogP contribution < -0.4 is 5.32 Å². The molecule has 0 radical (unpaired) electrons. The van der Waals surface area contributed by atoms with Crippen LogP contribution >= 0.6 is 23.8 Å². The lowest BCUT2D eigenvalue weighted by Crippen LogP contribution is -2.46. The van der Waals surface area contributed by atoms with Gasteiger partial charge in [0, 0.05) is 22.8 Å². The standard InChI is InChI=1S/C24H25ClN4OS/c1-4-5-14-29-16(3)20(21(26-24(29)31)17-10-12-19(25)13-11-17)23-27-22(28-30-23)18-8-6-15(2)7-9-18/h6-13,21H,4-5,14H2,1-3H3,(H,26,31). The summed E-state index contributed by atoms with van der Waals surface area (Å²) in [4.78, 5) is 6.87. The van der Waals surface area contributed by atoms with E-state index in [4.69, 9.17) is 33.3 Å². The minimum Gasteiger partial charge on any atom is -0.351 e. The largest absolute Gasteiger partial charge is 0.351 e. The first-order valence-electron chi connectivity index (χ1n) is 10.4. The van der Waals surface area contributed by atoms with Crippen molar-refractivity contribution in [2.45, 2.75) is 39.7 Å². The lowest BCUT2D eigenvalue weighted by atomic mass is 9.94. The van der Waals surface area contributed by atoms with Gasteiger partial charge in [0.15, 0.2) is 5.11 Å². The predicted octanol–water partition coefficient (Wildman–Crippen LogP) is 6.16. The third-order valence-corrected chi connectivity index (χ3v) is 6.09. The van der Waals surface area contributed by atoms with Crippen molar-refractivity contribution in [1.82, 2.24) is 20.4 Å². The monoisotopic (exact) mass is 452 g/mol. The summed E-state index contributed by atoms with van der Waals surface area (Å²) in [5, 5.41) is 9.12. The Morgan fingerprint density at radius 1 is 1.10 bits per heavy atom. The molecular weight excluding hydrogens is 428 g/mol. The zero-order chi connectivity index (χ0) is 22.0. The number of nitrogens with one attached hydrogen (secondary N) is 1. The van der Waals surface area contributed by atoms with Crippen molar-refractivity contribution in [2.24, 2.45) is 0 Å². The Morgan fingerprint density at radius 3 is 2.48 bits per heavy atom. The summed E-state index contributed by atoms with van der Waals surface area (Å²) < 4.78 is 5.77. The third kappa shape index (κ3) is 4.50. The number of rotatable bonds is 6. The fourth-order valence-electron chi connectivity index (χ4n) is 3.70. The Kier molecular flexibility index (Phi) is 6.39. The summed E-state index contributed by atoms with van der Waals surface area (Å²) >= 11 is 11.8. The van der Waals surface area contributed by atoms with Crippen LogP contribution in [-0.2, 0) is 0 Å². The van der Waals surface area contributed by atoms with E-state index in [1.54, 1.807) is 0 Å². The number of unbranched alkanes of at least 4 members (excludes halogenated alkanes) is 1. The van der Waals surface area contributed by atoms with Crippen molar-refractivity contribution >= 4 is 34.5 Å². The second-order valence-electron chi connectivity index (χ2n) is 7.73. The summed E-state index contributed by atoms with van der Waals surface area (Å²) in [7, 11) is 0. The number of hydrogen-bond acceptors (Lipinski definition) is 4.